The topological polar surface area (TPSA) is 84.9 Å². The van der Waals surface area contributed by atoms with Crippen molar-refractivity contribution in [2.24, 2.45) is 5.73 Å². The molecule has 0 spiro atoms. The Kier molecular flexibility index (Phi) is 4.87. The first-order valence-corrected chi connectivity index (χ1v) is 7.06. The lowest BCUT2D eigenvalue weighted by atomic mass is 10.0. The Morgan fingerprint density at radius 1 is 1.14 bits per heavy atom. The molecule has 0 saturated heterocycles. The van der Waals surface area contributed by atoms with Crippen LogP contribution < -0.4 is 10.5 Å². The summed E-state index contributed by atoms with van der Waals surface area (Å²) < 4.78 is 5.73. The van der Waals surface area contributed by atoms with Crippen LogP contribution in [-0.2, 0) is 19.4 Å². The van der Waals surface area contributed by atoms with E-state index < -0.39 is 0 Å². The third-order valence-electron chi connectivity index (χ3n) is 3.30. The molecule has 0 amide bonds. The van der Waals surface area contributed by atoms with Gasteiger partial charge in [-0.25, -0.2) is 0 Å². The van der Waals surface area contributed by atoms with E-state index in [1.54, 1.807) is 0 Å². The first-order chi connectivity index (χ1) is 10.2. The summed E-state index contributed by atoms with van der Waals surface area (Å²) in [6, 6.07) is 9.81. The van der Waals surface area contributed by atoms with Gasteiger partial charge in [-0.15, -0.1) is 5.10 Å². The predicted molar refractivity (Wildman–Crippen MR) is 82.6 cm³/mol. The van der Waals surface area contributed by atoms with Crippen molar-refractivity contribution in [3.8, 4) is 5.88 Å². The smallest absolute Gasteiger partial charge is 0.245 e. The van der Waals surface area contributed by atoms with Gasteiger partial charge in [0, 0.05) is 0 Å². The third kappa shape index (κ3) is 3.37. The van der Waals surface area contributed by atoms with Crippen molar-refractivity contribution >= 4 is 5.84 Å². The maximum atomic E-state index is 7.81. The molecule has 0 radical (unpaired) electrons. The molecule has 0 fully saturated rings. The largest absolute Gasteiger partial charge is 0.471 e. The molecule has 0 atom stereocenters. The van der Waals surface area contributed by atoms with Gasteiger partial charge in [-0.05, 0) is 24.0 Å². The van der Waals surface area contributed by atoms with Gasteiger partial charge in [0.05, 0.1) is 11.3 Å². The number of hydrogen-bond acceptors (Lipinski definition) is 4. The summed E-state index contributed by atoms with van der Waals surface area (Å²) in [5, 5.41) is 16.1. The summed E-state index contributed by atoms with van der Waals surface area (Å²) in [5.74, 6) is 0.305. The number of nitrogens with two attached hydrogens (primary N) is 1. The minimum atomic E-state index is -0.0282. The van der Waals surface area contributed by atoms with Gasteiger partial charge in [0.2, 0.25) is 5.88 Å². The number of aryl methyl sites for hydroxylation is 1. The van der Waals surface area contributed by atoms with E-state index in [4.69, 9.17) is 15.9 Å². The van der Waals surface area contributed by atoms with E-state index in [2.05, 4.69) is 10.2 Å². The van der Waals surface area contributed by atoms with Crippen molar-refractivity contribution in [1.82, 2.24) is 10.2 Å². The highest BCUT2D eigenvalue weighted by atomic mass is 16.5. The summed E-state index contributed by atoms with van der Waals surface area (Å²) in [5.41, 5.74) is 9.14. The summed E-state index contributed by atoms with van der Waals surface area (Å²) in [7, 11) is 0. The molecule has 3 N–H and O–H groups in total. The van der Waals surface area contributed by atoms with Crippen molar-refractivity contribution in [2.45, 2.75) is 33.3 Å². The van der Waals surface area contributed by atoms with Gasteiger partial charge >= 0.3 is 0 Å². The Balaban J connectivity index is 2.32. The molecule has 5 nitrogen and oxygen atoms in total. The molecule has 0 aliphatic carbocycles. The van der Waals surface area contributed by atoms with Crippen LogP contribution in [0.3, 0.4) is 0 Å². The molecule has 0 unspecified atom stereocenters. The fourth-order valence-electron chi connectivity index (χ4n) is 2.26. The number of aromatic nitrogens is 2. The van der Waals surface area contributed by atoms with Gasteiger partial charge in [-0.2, -0.15) is 5.10 Å². The Hall–Kier alpha value is -2.43. The standard InChI is InChI=1S/C16H20N4O/c1-3-12-13(4-2)19-20-16(14(12)15(17)18)21-10-11-8-6-5-7-9-11/h5-9H,3-4,10H2,1-2H3,(H3,17,18). The predicted octanol–water partition coefficient (Wildman–Crippen LogP) is 2.46. The molecule has 0 aliphatic rings. The van der Waals surface area contributed by atoms with E-state index >= 15 is 0 Å². The first kappa shape index (κ1) is 15.0. The lowest BCUT2D eigenvalue weighted by Gasteiger charge is -2.14. The third-order valence-corrected chi connectivity index (χ3v) is 3.30. The van der Waals surface area contributed by atoms with E-state index in [9.17, 15) is 0 Å². The van der Waals surface area contributed by atoms with Crippen LogP contribution in [0.5, 0.6) is 5.88 Å². The van der Waals surface area contributed by atoms with Crippen LogP contribution in [0.2, 0.25) is 0 Å². The van der Waals surface area contributed by atoms with E-state index in [1.165, 1.54) is 0 Å². The fourth-order valence-corrected chi connectivity index (χ4v) is 2.26. The van der Waals surface area contributed by atoms with Gasteiger partial charge in [0.25, 0.3) is 0 Å². The second-order valence-corrected chi connectivity index (χ2v) is 4.70. The second-order valence-electron chi connectivity index (χ2n) is 4.70. The number of benzene rings is 1. The number of rotatable bonds is 6. The first-order valence-electron chi connectivity index (χ1n) is 7.06. The number of amidine groups is 1. The summed E-state index contributed by atoms with van der Waals surface area (Å²) >= 11 is 0. The molecule has 1 heterocycles. The zero-order valence-corrected chi connectivity index (χ0v) is 12.4. The molecule has 2 rings (SSSR count). The zero-order valence-electron chi connectivity index (χ0n) is 12.4. The molecule has 21 heavy (non-hydrogen) atoms. The number of hydrogen-bond donors (Lipinski definition) is 2. The van der Waals surface area contributed by atoms with Crippen molar-refractivity contribution in [3.63, 3.8) is 0 Å². The monoisotopic (exact) mass is 284 g/mol. The highest BCUT2D eigenvalue weighted by Crippen LogP contribution is 2.23. The average molecular weight is 284 g/mol. The lowest BCUT2D eigenvalue weighted by Crippen LogP contribution is -2.19. The Labute approximate surface area is 124 Å². The van der Waals surface area contributed by atoms with Crippen LogP contribution in [0, 0.1) is 5.41 Å². The number of nitrogens with zero attached hydrogens (tertiary/aromatic N) is 2. The van der Waals surface area contributed by atoms with Crippen molar-refractivity contribution in [2.75, 3.05) is 0 Å². The second kappa shape index (κ2) is 6.83. The van der Waals surface area contributed by atoms with Crippen LogP contribution in [-0.4, -0.2) is 16.0 Å². The van der Waals surface area contributed by atoms with Gasteiger partial charge in [0.15, 0.2) is 0 Å². The van der Waals surface area contributed by atoms with Crippen molar-refractivity contribution in [3.05, 3.63) is 52.7 Å². The Morgan fingerprint density at radius 3 is 2.43 bits per heavy atom. The highest BCUT2D eigenvalue weighted by Gasteiger charge is 2.18. The molecule has 1 aromatic carbocycles. The lowest BCUT2D eigenvalue weighted by molar-refractivity contribution is 0.288. The Morgan fingerprint density at radius 2 is 1.86 bits per heavy atom. The van der Waals surface area contributed by atoms with Gasteiger partial charge in [0.1, 0.15) is 12.4 Å². The van der Waals surface area contributed by atoms with E-state index in [1.807, 2.05) is 44.2 Å². The van der Waals surface area contributed by atoms with Crippen LogP contribution >= 0.6 is 0 Å². The quantitative estimate of drug-likeness (QED) is 0.630. The minimum Gasteiger partial charge on any atom is -0.471 e. The molecular formula is C16H20N4O. The average Bonchev–Trinajstić information content (AvgIpc) is 2.52. The van der Waals surface area contributed by atoms with Crippen LogP contribution in [0.4, 0.5) is 0 Å². The fraction of sp³-hybridized carbons (Fsp3) is 0.312. The van der Waals surface area contributed by atoms with Gasteiger partial charge < -0.3 is 10.5 Å². The van der Waals surface area contributed by atoms with Crippen LogP contribution in [0.1, 0.15) is 36.2 Å². The molecule has 0 bridgehead atoms. The molecule has 2 aromatic rings. The van der Waals surface area contributed by atoms with Crippen LogP contribution in [0.25, 0.3) is 0 Å². The van der Waals surface area contributed by atoms with E-state index in [0.717, 1.165) is 29.7 Å². The minimum absolute atomic E-state index is 0.0282. The number of nitrogen functional groups attached to an aromatic ring is 1. The summed E-state index contributed by atoms with van der Waals surface area (Å²) in [4.78, 5) is 0. The summed E-state index contributed by atoms with van der Waals surface area (Å²) in [6.07, 6.45) is 1.50. The van der Waals surface area contributed by atoms with Gasteiger partial charge in [-0.1, -0.05) is 44.2 Å². The van der Waals surface area contributed by atoms with E-state index in [0.29, 0.717) is 18.1 Å². The van der Waals surface area contributed by atoms with Crippen molar-refractivity contribution in [1.29, 1.82) is 5.41 Å². The number of nitrogens with one attached hydrogen (secondary N) is 1. The Bertz CT molecular complexity index is 626. The zero-order chi connectivity index (χ0) is 15.2. The molecular weight excluding hydrogens is 264 g/mol. The molecule has 5 heteroatoms. The molecule has 110 valence electrons. The molecule has 1 aromatic heterocycles. The molecule has 0 saturated carbocycles. The SMILES string of the molecule is CCc1nnc(OCc2ccccc2)c(C(=N)N)c1CC. The van der Waals surface area contributed by atoms with E-state index in [-0.39, 0.29) is 5.84 Å². The van der Waals surface area contributed by atoms with Crippen molar-refractivity contribution < 1.29 is 4.74 Å². The highest BCUT2D eigenvalue weighted by molar-refractivity contribution is 5.98. The van der Waals surface area contributed by atoms with Crippen LogP contribution in [0.15, 0.2) is 30.3 Å². The van der Waals surface area contributed by atoms with Gasteiger partial charge in [-0.3, -0.25) is 5.41 Å². The maximum Gasteiger partial charge on any atom is 0.245 e. The summed E-state index contributed by atoms with van der Waals surface area (Å²) in [6.45, 7) is 4.41. The molecule has 0 aliphatic heterocycles. The number of ether oxygens (including phenoxy) is 1. The maximum absolute atomic E-state index is 7.81. The normalized spacial score (nSPS) is 10.4.